The molecule has 0 aliphatic carbocycles. The van der Waals surface area contributed by atoms with Gasteiger partial charge in [-0.15, -0.1) is 0 Å². The summed E-state index contributed by atoms with van der Waals surface area (Å²) in [4.78, 5) is 16.6. The standard InChI is InChI=1S/C20H14N6O2S/c1-12-21-20(23-28-12)15-4-2-3-13(9-15)11-26-19(27)8-7-16(22-26)14-5-6-17-18(10-14)25-29-24-17/h2-10H,11H2,1H3. The normalized spacial score (nSPS) is 11.2. The quantitative estimate of drug-likeness (QED) is 0.455. The Morgan fingerprint density at radius 2 is 1.90 bits per heavy atom. The lowest BCUT2D eigenvalue weighted by Crippen LogP contribution is -2.22. The number of aryl methyl sites for hydroxylation is 1. The first-order chi connectivity index (χ1) is 14.2. The van der Waals surface area contributed by atoms with Crippen molar-refractivity contribution >= 4 is 22.8 Å². The topological polar surface area (TPSA) is 99.6 Å². The van der Waals surface area contributed by atoms with Crippen LogP contribution in [-0.2, 0) is 6.54 Å². The van der Waals surface area contributed by atoms with Crippen molar-refractivity contribution in [2.24, 2.45) is 0 Å². The number of hydrogen-bond acceptors (Lipinski definition) is 8. The van der Waals surface area contributed by atoms with E-state index >= 15 is 0 Å². The fourth-order valence-electron chi connectivity index (χ4n) is 3.06. The smallest absolute Gasteiger partial charge is 0.267 e. The van der Waals surface area contributed by atoms with E-state index in [0.717, 1.165) is 27.7 Å². The van der Waals surface area contributed by atoms with Crippen LogP contribution in [0, 0.1) is 6.92 Å². The molecule has 5 aromatic rings. The highest BCUT2D eigenvalue weighted by Gasteiger charge is 2.09. The average Bonchev–Trinajstić information content (AvgIpc) is 3.38. The molecule has 9 heteroatoms. The van der Waals surface area contributed by atoms with Crippen LogP contribution in [0.3, 0.4) is 0 Å². The molecule has 0 saturated carbocycles. The minimum atomic E-state index is -0.175. The molecule has 0 atom stereocenters. The maximum absolute atomic E-state index is 12.4. The fourth-order valence-corrected chi connectivity index (χ4v) is 3.57. The summed E-state index contributed by atoms with van der Waals surface area (Å²) >= 11 is 1.17. The summed E-state index contributed by atoms with van der Waals surface area (Å²) in [7, 11) is 0. The van der Waals surface area contributed by atoms with Gasteiger partial charge in [-0.2, -0.15) is 18.8 Å². The Balaban J connectivity index is 1.48. The molecule has 5 rings (SSSR count). The highest BCUT2D eigenvalue weighted by molar-refractivity contribution is 7.00. The van der Waals surface area contributed by atoms with Crippen LogP contribution in [-0.4, -0.2) is 28.7 Å². The van der Waals surface area contributed by atoms with Crippen LogP contribution in [0.25, 0.3) is 33.7 Å². The first kappa shape index (κ1) is 17.4. The van der Waals surface area contributed by atoms with E-state index in [4.69, 9.17) is 4.52 Å². The predicted octanol–water partition coefficient (Wildman–Crippen LogP) is 3.32. The number of nitrogens with zero attached hydrogens (tertiary/aromatic N) is 6. The van der Waals surface area contributed by atoms with Gasteiger partial charge in [0, 0.05) is 24.1 Å². The Labute approximate surface area is 168 Å². The van der Waals surface area contributed by atoms with Gasteiger partial charge in [0.05, 0.1) is 24.0 Å². The number of fused-ring (bicyclic) bond motifs is 1. The first-order valence-corrected chi connectivity index (χ1v) is 9.59. The number of hydrogen-bond donors (Lipinski definition) is 0. The van der Waals surface area contributed by atoms with Crippen molar-refractivity contribution in [3.05, 3.63) is 76.4 Å². The van der Waals surface area contributed by atoms with Crippen molar-refractivity contribution in [3.63, 3.8) is 0 Å². The van der Waals surface area contributed by atoms with Crippen LogP contribution in [0.5, 0.6) is 0 Å². The van der Waals surface area contributed by atoms with Crippen LogP contribution in [0.4, 0.5) is 0 Å². The van der Waals surface area contributed by atoms with Crippen molar-refractivity contribution in [3.8, 4) is 22.6 Å². The van der Waals surface area contributed by atoms with Crippen LogP contribution < -0.4 is 5.56 Å². The van der Waals surface area contributed by atoms with E-state index < -0.39 is 0 Å². The fraction of sp³-hybridized carbons (Fsp3) is 0.100. The summed E-state index contributed by atoms with van der Waals surface area (Å²) in [5.41, 5.74) is 4.81. The molecule has 0 aliphatic rings. The highest BCUT2D eigenvalue weighted by atomic mass is 32.1. The number of aromatic nitrogens is 6. The molecular weight excluding hydrogens is 388 g/mol. The van der Waals surface area contributed by atoms with Gasteiger partial charge >= 0.3 is 0 Å². The molecule has 0 radical (unpaired) electrons. The van der Waals surface area contributed by atoms with Gasteiger partial charge < -0.3 is 4.52 Å². The van der Waals surface area contributed by atoms with Gasteiger partial charge in [0.15, 0.2) is 0 Å². The van der Waals surface area contributed by atoms with Crippen LogP contribution in [0.15, 0.2) is 63.9 Å². The van der Waals surface area contributed by atoms with Gasteiger partial charge in [0.2, 0.25) is 11.7 Å². The third-order valence-corrected chi connectivity index (χ3v) is 5.02. The molecule has 2 aromatic carbocycles. The summed E-state index contributed by atoms with van der Waals surface area (Å²) in [5.74, 6) is 1.02. The van der Waals surface area contributed by atoms with Crippen molar-refractivity contribution in [2.45, 2.75) is 13.5 Å². The van der Waals surface area contributed by atoms with E-state index in [9.17, 15) is 4.79 Å². The van der Waals surface area contributed by atoms with Gasteiger partial charge in [0.25, 0.3) is 5.56 Å². The second-order valence-corrected chi connectivity index (χ2v) is 7.05. The third kappa shape index (κ3) is 3.43. The minimum absolute atomic E-state index is 0.175. The van der Waals surface area contributed by atoms with E-state index in [1.807, 2.05) is 42.5 Å². The molecule has 0 bridgehead atoms. The monoisotopic (exact) mass is 402 g/mol. The molecule has 0 saturated heterocycles. The second-order valence-electron chi connectivity index (χ2n) is 6.52. The lowest BCUT2D eigenvalue weighted by Gasteiger charge is -2.08. The molecule has 0 unspecified atom stereocenters. The van der Waals surface area contributed by atoms with Gasteiger partial charge in [-0.1, -0.05) is 29.4 Å². The van der Waals surface area contributed by atoms with Gasteiger partial charge in [-0.25, -0.2) is 4.68 Å². The number of benzene rings is 2. The summed E-state index contributed by atoms with van der Waals surface area (Å²) in [6.07, 6.45) is 0. The van der Waals surface area contributed by atoms with E-state index in [1.165, 1.54) is 22.5 Å². The van der Waals surface area contributed by atoms with Crippen molar-refractivity contribution in [1.29, 1.82) is 0 Å². The largest absolute Gasteiger partial charge is 0.339 e. The van der Waals surface area contributed by atoms with Gasteiger partial charge in [0.1, 0.15) is 11.0 Å². The molecule has 0 aliphatic heterocycles. The molecule has 0 N–H and O–H groups in total. The zero-order valence-corrected chi connectivity index (χ0v) is 16.1. The van der Waals surface area contributed by atoms with E-state index in [1.54, 1.807) is 13.0 Å². The summed E-state index contributed by atoms with van der Waals surface area (Å²) in [5, 5.41) is 8.49. The SMILES string of the molecule is Cc1nc(-c2cccc(Cn3nc(-c4ccc5nsnc5c4)ccc3=O)c2)no1. The molecule has 0 fully saturated rings. The average molecular weight is 402 g/mol. The van der Waals surface area contributed by atoms with Crippen LogP contribution in [0.1, 0.15) is 11.5 Å². The second kappa shape index (κ2) is 7.02. The number of rotatable bonds is 4. The van der Waals surface area contributed by atoms with Crippen LogP contribution >= 0.6 is 11.7 Å². The van der Waals surface area contributed by atoms with Gasteiger partial charge in [-0.3, -0.25) is 4.79 Å². The molecular formula is C20H14N6O2S. The summed E-state index contributed by atoms with van der Waals surface area (Å²) < 4.78 is 15.0. The molecule has 142 valence electrons. The molecule has 0 spiro atoms. The van der Waals surface area contributed by atoms with Gasteiger partial charge in [-0.05, 0) is 29.8 Å². The van der Waals surface area contributed by atoms with Crippen molar-refractivity contribution in [1.82, 2.24) is 28.7 Å². The van der Waals surface area contributed by atoms with Crippen molar-refractivity contribution in [2.75, 3.05) is 0 Å². The highest BCUT2D eigenvalue weighted by Crippen LogP contribution is 2.22. The minimum Gasteiger partial charge on any atom is -0.339 e. The Morgan fingerprint density at radius 1 is 1.00 bits per heavy atom. The molecule has 29 heavy (non-hydrogen) atoms. The van der Waals surface area contributed by atoms with E-state index in [0.29, 0.717) is 24.0 Å². The Bertz CT molecular complexity index is 1390. The molecule has 3 heterocycles. The Hall–Kier alpha value is -3.72. The lowest BCUT2D eigenvalue weighted by atomic mass is 10.1. The molecule has 3 aromatic heterocycles. The third-order valence-electron chi connectivity index (χ3n) is 4.46. The maximum Gasteiger partial charge on any atom is 0.267 e. The zero-order chi connectivity index (χ0) is 19.8. The molecule has 0 amide bonds. The Kier molecular flexibility index (Phi) is 4.21. The van der Waals surface area contributed by atoms with Crippen molar-refractivity contribution < 1.29 is 4.52 Å². The van der Waals surface area contributed by atoms with E-state index in [2.05, 4.69) is 24.0 Å². The first-order valence-electron chi connectivity index (χ1n) is 8.86. The predicted molar refractivity (Wildman–Crippen MR) is 108 cm³/mol. The van der Waals surface area contributed by atoms with E-state index in [-0.39, 0.29) is 5.56 Å². The summed E-state index contributed by atoms with van der Waals surface area (Å²) in [6, 6.07) is 16.7. The Morgan fingerprint density at radius 3 is 2.76 bits per heavy atom. The van der Waals surface area contributed by atoms with Crippen LogP contribution in [0.2, 0.25) is 0 Å². The molecule has 8 nitrogen and oxygen atoms in total. The lowest BCUT2D eigenvalue weighted by molar-refractivity contribution is 0.394. The zero-order valence-electron chi connectivity index (χ0n) is 15.3. The maximum atomic E-state index is 12.4. The summed E-state index contributed by atoms with van der Waals surface area (Å²) in [6.45, 7) is 2.08.